The number of carbonyl (C=O) groups is 1. The van der Waals surface area contributed by atoms with Crippen LogP contribution in [0.5, 0.6) is 0 Å². The summed E-state index contributed by atoms with van der Waals surface area (Å²) in [6.07, 6.45) is 4.15. The van der Waals surface area contributed by atoms with E-state index in [1.54, 1.807) is 6.20 Å². The van der Waals surface area contributed by atoms with Crippen LogP contribution in [0, 0.1) is 5.92 Å². The molecule has 1 aromatic carbocycles. The molecule has 2 heterocycles. The minimum absolute atomic E-state index is 0.0202. The van der Waals surface area contributed by atoms with E-state index >= 15 is 0 Å². The second kappa shape index (κ2) is 7.23. The molecule has 2 fully saturated rings. The minimum atomic E-state index is -0.0202. The average molecular weight is 337 g/mol. The molecule has 0 bridgehead atoms. The Morgan fingerprint density at radius 1 is 1.16 bits per heavy atom. The average Bonchev–Trinajstić information content (AvgIpc) is 3.51. The molecule has 5 nitrogen and oxygen atoms in total. The van der Waals surface area contributed by atoms with E-state index in [1.165, 1.54) is 12.8 Å². The molecule has 2 aliphatic rings. The lowest BCUT2D eigenvalue weighted by Gasteiger charge is -2.29. The minimum Gasteiger partial charge on any atom is -0.378 e. The summed E-state index contributed by atoms with van der Waals surface area (Å²) < 4.78 is 5.41. The first kappa shape index (κ1) is 16.1. The van der Waals surface area contributed by atoms with Crippen LogP contribution in [0.25, 0.3) is 0 Å². The van der Waals surface area contributed by atoms with Crippen molar-refractivity contribution in [2.24, 2.45) is 5.92 Å². The highest BCUT2D eigenvalue weighted by Crippen LogP contribution is 2.32. The normalized spacial score (nSPS) is 17.4. The fourth-order valence-electron chi connectivity index (χ4n) is 3.17. The maximum atomic E-state index is 13.2. The third-order valence-corrected chi connectivity index (χ3v) is 4.79. The van der Waals surface area contributed by atoms with Crippen molar-refractivity contribution in [3.8, 4) is 0 Å². The van der Waals surface area contributed by atoms with Gasteiger partial charge in [0.15, 0.2) is 0 Å². The third kappa shape index (κ3) is 3.82. The van der Waals surface area contributed by atoms with Crippen LogP contribution in [0.3, 0.4) is 0 Å². The molecule has 1 saturated carbocycles. The van der Waals surface area contributed by atoms with E-state index in [-0.39, 0.29) is 5.91 Å². The SMILES string of the molecule is O=C(c1cc(N2CCOCC2)ccn1)N(CC1CC1)c1ccccc1. The maximum Gasteiger partial charge on any atom is 0.276 e. The Hall–Kier alpha value is -2.40. The summed E-state index contributed by atoms with van der Waals surface area (Å²) in [7, 11) is 0. The van der Waals surface area contributed by atoms with Gasteiger partial charge in [0.05, 0.1) is 13.2 Å². The van der Waals surface area contributed by atoms with Gasteiger partial charge in [0.2, 0.25) is 0 Å². The topological polar surface area (TPSA) is 45.7 Å². The number of carbonyl (C=O) groups excluding carboxylic acids is 1. The number of anilines is 2. The first-order valence-electron chi connectivity index (χ1n) is 8.97. The summed E-state index contributed by atoms with van der Waals surface area (Å²) in [5.74, 6) is 0.597. The molecule has 1 amide bonds. The molecule has 4 rings (SSSR count). The van der Waals surface area contributed by atoms with Crippen molar-refractivity contribution in [1.29, 1.82) is 0 Å². The number of morpholine rings is 1. The van der Waals surface area contributed by atoms with Crippen molar-refractivity contribution < 1.29 is 9.53 Å². The molecule has 1 aromatic heterocycles. The van der Waals surface area contributed by atoms with Crippen LogP contribution >= 0.6 is 0 Å². The molecule has 1 aliphatic heterocycles. The Bertz CT molecular complexity index is 725. The molecule has 25 heavy (non-hydrogen) atoms. The summed E-state index contributed by atoms with van der Waals surface area (Å²) in [5, 5.41) is 0. The van der Waals surface area contributed by atoms with E-state index in [2.05, 4.69) is 9.88 Å². The first-order valence-corrected chi connectivity index (χ1v) is 8.97. The predicted octanol–water partition coefficient (Wildman–Crippen LogP) is 2.98. The standard InChI is InChI=1S/C20H23N3O2/c24-20(23(15-16-6-7-16)17-4-2-1-3-5-17)19-14-18(8-9-21-19)22-10-12-25-13-11-22/h1-5,8-9,14,16H,6-7,10-13,15H2. The summed E-state index contributed by atoms with van der Waals surface area (Å²) in [5.41, 5.74) is 2.49. The number of pyridine rings is 1. The Balaban J connectivity index is 1.59. The van der Waals surface area contributed by atoms with Crippen LogP contribution < -0.4 is 9.80 Å². The number of hydrogen-bond donors (Lipinski definition) is 0. The zero-order valence-electron chi connectivity index (χ0n) is 14.3. The van der Waals surface area contributed by atoms with Crippen LogP contribution in [0.2, 0.25) is 0 Å². The number of ether oxygens (including phenoxy) is 1. The second-order valence-corrected chi connectivity index (χ2v) is 6.69. The Morgan fingerprint density at radius 2 is 1.92 bits per heavy atom. The zero-order valence-corrected chi connectivity index (χ0v) is 14.3. The smallest absolute Gasteiger partial charge is 0.276 e. The maximum absolute atomic E-state index is 13.2. The van der Waals surface area contributed by atoms with Gasteiger partial charge in [-0.15, -0.1) is 0 Å². The molecule has 1 saturated heterocycles. The fraction of sp³-hybridized carbons (Fsp3) is 0.400. The van der Waals surface area contributed by atoms with Gasteiger partial charge in [0, 0.05) is 37.2 Å². The number of amides is 1. The summed E-state index contributed by atoms with van der Waals surface area (Å²) in [4.78, 5) is 21.6. The molecule has 5 heteroatoms. The number of nitrogens with zero attached hydrogens (tertiary/aromatic N) is 3. The lowest BCUT2D eigenvalue weighted by molar-refractivity contribution is 0.0981. The lowest BCUT2D eigenvalue weighted by Crippen LogP contribution is -2.37. The van der Waals surface area contributed by atoms with E-state index in [9.17, 15) is 4.79 Å². The largest absolute Gasteiger partial charge is 0.378 e. The number of rotatable bonds is 5. The quantitative estimate of drug-likeness (QED) is 0.841. The summed E-state index contributed by atoms with van der Waals surface area (Å²) in [6, 6.07) is 13.8. The van der Waals surface area contributed by atoms with Gasteiger partial charge in [0.1, 0.15) is 5.69 Å². The zero-order chi connectivity index (χ0) is 17.1. The number of benzene rings is 1. The number of hydrogen-bond acceptors (Lipinski definition) is 4. The van der Waals surface area contributed by atoms with E-state index in [0.29, 0.717) is 11.6 Å². The van der Waals surface area contributed by atoms with Gasteiger partial charge in [0.25, 0.3) is 5.91 Å². The molecule has 0 radical (unpaired) electrons. The van der Waals surface area contributed by atoms with Crippen molar-refractivity contribution in [2.45, 2.75) is 12.8 Å². The predicted molar refractivity (Wildman–Crippen MR) is 98.1 cm³/mol. The Labute approximate surface area is 148 Å². The lowest BCUT2D eigenvalue weighted by atomic mass is 10.2. The van der Waals surface area contributed by atoms with Crippen LogP contribution in [0.4, 0.5) is 11.4 Å². The Morgan fingerprint density at radius 3 is 2.64 bits per heavy atom. The van der Waals surface area contributed by atoms with Crippen molar-refractivity contribution in [1.82, 2.24) is 4.98 Å². The van der Waals surface area contributed by atoms with Crippen molar-refractivity contribution in [3.63, 3.8) is 0 Å². The van der Waals surface area contributed by atoms with Gasteiger partial charge in [-0.1, -0.05) is 18.2 Å². The van der Waals surface area contributed by atoms with Crippen molar-refractivity contribution in [3.05, 3.63) is 54.4 Å². The van der Waals surface area contributed by atoms with Gasteiger partial charge < -0.3 is 14.5 Å². The summed E-state index contributed by atoms with van der Waals surface area (Å²) >= 11 is 0. The van der Waals surface area contributed by atoms with Gasteiger partial charge >= 0.3 is 0 Å². The molecule has 2 aromatic rings. The molecule has 0 unspecified atom stereocenters. The van der Waals surface area contributed by atoms with Crippen LogP contribution in [0.1, 0.15) is 23.3 Å². The molecule has 0 spiro atoms. The molecule has 0 atom stereocenters. The third-order valence-electron chi connectivity index (χ3n) is 4.79. The number of para-hydroxylation sites is 1. The van der Waals surface area contributed by atoms with Gasteiger partial charge in [-0.05, 0) is 43.0 Å². The molecular formula is C20H23N3O2. The van der Waals surface area contributed by atoms with Gasteiger partial charge in [-0.25, -0.2) is 0 Å². The highest BCUT2D eigenvalue weighted by Gasteiger charge is 2.29. The molecule has 1 aliphatic carbocycles. The van der Waals surface area contributed by atoms with Crippen LogP contribution in [-0.4, -0.2) is 43.7 Å². The van der Waals surface area contributed by atoms with Gasteiger partial charge in [-0.3, -0.25) is 9.78 Å². The van der Waals surface area contributed by atoms with Crippen LogP contribution in [-0.2, 0) is 4.74 Å². The Kier molecular flexibility index (Phi) is 4.65. The highest BCUT2D eigenvalue weighted by molar-refractivity contribution is 6.05. The highest BCUT2D eigenvalue weighted by atomic mass is 16.5. The van der Waals surface area contributed by atoms with Crippen molar-refractivity contribution >= 4 is 17.3 Å². The van der Waals surface area contributed by atoms with E-state index in [1.807, 2.05) is 47.4 Å². The monoisotopic (exact) mass is 337 g/mol. The molecular weight excluding hydrogens is 314 g/mol. The molecule has 0 N–H and O–H groups in total. The summed E-state index contributed by atoms with van der Waals surface area (Å²) in [6.45, 7) is 3.92. The van der Waals surface area contributed by atoms with Crippen LogP contribution in [0.15, 0.2) is 48.7 Å². The van der Waals surface area contributed by atoms with Gasteiger partial charge in [-0.2, -0.15) is 0 Å². The second-order valence-electron chi connectivity index (χ2n) is 6.69. The van der Waals surface area contributed by atoms with Crippen molar-refractivity contribution in [2.75, 3.05) is 42.6 Å². The first-order chi connectivity index (χ1) is 12.3. The number of aromatic nitrogens is 1. The van der Waals surface area contributed by atoms with E-state index in [0.717, 1.165) is 44.2 Å². The fourth-order valence-corrected chi connectivity index (χ4v) is 3.17. The van der Waals surface area contributed by atoms with E-state index < -0.39 is 0 Å². The molecule has 130 valence electrons. The van der Waals surface area contributed by atoms with E-state index in [4.69, 9.17) is 4.74 Å².